The van der Waals surface area contributed by atoms with E-state index in [4.69, 9.17) is 9.47 Å². The highest BCUT2D eigenvalue weighted by atomic mass is 16.5. The van der Waals surface area contributed by atoms with E-state index < -0.39 is 0 Å². The standard InChI is InChI=1S/C25H29N7O5/c1-15(13-33)32-23(28-29-30-32)20-4-3-5-22(26-20)27-24(34)19-10-18-12-31(25(35)17-7-9-37-14-17)8-6-16(18)11-21(19)36-2/h3-5,10-11,15,17,33H,6-9,12-14H2,1-2H3,(H,26,27,34)/t15-,17-/m1/s1. The smallest absolute Gasteiger partial charge is 0.260 e. The normalized spacial score (nSPS) is 17.8. The van der Waals surface area contributed by atoms with Crippen LogP contribution in [0.1, 0.15) is 40.9 Å². The summed E-state index contributed by atoms with van der Waals surface area (Å²) in [6, 6.07) is 8.46. The summed E-state index contributed by atoms with van der Waals surface area (Å²) < 4.78 is 12.4. The van der Waals surface area contributed by atoms with Gasteiger partial charge in [0.25, 0.3) is 5.91 Å². The number of benzene rings is 1. The van der Waals surface area contributed by atoms with Gasteiger partial charge in [-0.15, -0.1) is 5.10 Å². The molecule has 37 heavy (non-hydrogen) atoms. The molecule has 2 atom stereocenters. The first-order chi connectivity index (χ1) is 18.0. The van der Waals surface area contributed by atoms with E-state index in [1.165, 1.54) is 11.8 Å². The van der Waals surface area contributed by atoms with Crippen LogP contribution < -0.4 is 10.1 Å². The minimum absolute atomic E-state index is 0.0951. The largest absolute Gasteiger partial charge is 0.496 e. The molecule has 12 heteroatoms. The summed E-state index contributed by atoms with van der Waals surface area (Å²) >= 11 is 0. The van der Waals surface area contributed by atoms with E-state index in [0.29, 0.717) is 61.4 Å². The van der Waals surface area contributed by atoms with Crippen molar-refractivity contribution in [3.8, 4) is 17.3 Å². The number of pyridine rings is 1. The van der Waals surface area contributed by atoms with Gasteiger partial charge in [0.2, 0.25) is 11.7 Å². The Bertz CT molecular complexity index is 1300. The Kier molecular flexibility index (Phi) is 7.10. The maximum atomic E-state index is 13.3. The van der Waals surface area contributed by atoms with Crippen molar-refractivity contribution in [1.82, 2.24) is 30.1 Å². The Morgan fingerprint density at radius 3 is 2.92 bits per heavy atom. The minimum Gasteiger partial charge on any atom is -0.496 e. The molecule has 1 fully saturated rings. The molecule has 0 spiro atoms. The van der Waals surface area contributed by atoms with Gasteiger partial charge in [-0.05, 0) is 65.6 Å². The zero-order valence-electron chi connectivity index (χ0n) is 20.8. The number of nitrogens with one attached hydrogen (secondary N) is 1. The SMILES string of the molecule is COc1cc2c(cc1C(=O)Nc1cccc(-c3nnnn3[C@H](C)CO)n1)CN(C(=O)[C@@H]1CCOC1)CC2. The summed E-state index contributed by atoms with van der Waals surface area (Å²) in [4.78, 5) is 32.6. The Labute approximate surface area is 213 Å². The fourth-order valence-corrected chi connectivity index (χ4v) is 4.66. The molecule has 194 valence electrons. The maximum Gasteiger partial charge on any atom is 0.260 e. The molecule has 0 saturated carbocycles. The number of anilines is 1. The summed E-state index contributed by atoms with van der Waals surface area (Å²) in [5.74, 6) is 0.761. The number of fused-ring (bicyclic) bond motifs is 1. The Morgan fingerprint density at radius 2 is 2.16 bits per heavy atom. The van der Waals surface area contributed by atoms with Crippen molar-refractivity contribution in [2.24, 2.45) is 5.92 Å². The van der Waals surface area contributed by atoms with Crippen molar-refractivity contribution >= 4 is 17.6 Å². The molecule has 2 amide bonds. The van der Waals surface area contributed by atoms with Crippen LogP contribution in [0.25, 0.3) is 11.5 Å². The summed E-state index contributed by atoms with van der Waals surface area (Å²) in [6.45, 7) is 3.80. The van der Waals surface area contributed by atoms with Crippen LogP contribution in [0.4, 0.5) is 5.82 Å². The first kappa shape index (κ1) is 24.8. The highest BCUT2D eigenvalue weighted by Gasteiger charge is 2.31. The lowest BCUT2D eigenvalue weighted by Crippen LogP contribution is -2.40. The second kappa shape index (κ2) is 10.6. The highest BCUT2D eigenvalue weighted by Crippen LogP contribution is 2.30. The molecule has 5 rings (SSSR count). The molecular weight excluding hydrogens is 478 g/mol. The third kappa shape index (κ3) is 5.02. The molecule has 2 aromatic heterocycles. The fourth-order valence-electron chi connectivity index (χ4n) is 4.66. The van der Waals surface area contributed by atoms with E-state index in [1.807, 2.05) is 11.0 Å². The quantitative estimate of drug-likeness (QED) is 0.486. The van der Waals surface area contributed by atoms with Gasteiger partial charge in [0.05, 0.1) is 37.8 Å². The van der Waals surface area contributed by atoms with Crippen LogP contribution in [0, 0.1) is 5.92 Å². The number of nitrogens with zero attached hydrogens (tertiary/aromatic N) is 6. The van der Waals surface area contributed by atoms with Crippen molar-refractivity contribution < 1.29 is 24.2 Å². The predicted octanol–water partition coefficient (Wildman–Crippen LogP) is 1.47. The van der Waals surface area contributed by atoms with Gasteiger partial charge in [-0.3, -0.25) is 9.59 Å². The van der Waals surface area contributed by atoms with E-state index in [0.717, 1.165) is 17.5 Å². The molecule has 0 radical (unpaired) electrons. The van der Waals surface area contributed by atoms with E-state index in [2.05, 4.69) is 25.8 Å². The molecule has 4 heterocycles. The van der Waals surface area contributed by atoms with Crippen molar-refractivity contribution in [2.75, 3.05) is 38.8 Å². The first-order valence-corrected chi connectivity index (χ1v) is 12.2. The number of aromatic nitrogens is 5. The number of hydrogen-bond donors (Lipinski definition) is 2. The molecular formula is C25H29N7O5. The summed E-state index contributed by atoms with van der Waals surface area (Å²) in [5, 5.41) is 23.9. The second-order valence-corrected chi connectivity index (χ2v) is 9.23. The van der Waals surface area contributed by atoms with Gasteiger partial charge in [0.15, 0.2) is 0 Å². The topological polar surface area (TPSA) is 145 Å². The molecule has 2 aliphatic rings. The lowest BCUT2D eigenvalue weighted by molar-refractivity contribution is -0.136. The van der Waals surface area contributed by atoms with Crippen molar-refractivity contribution in [1.29, 1.82) is 0 Å². The lowest BCUT2D eigenvalue weighted by Gasteiger charge is -2.31. The van der Waals surface area contributed by atoms with Crippen LogP contribution in [0.5, 0.6) is 5.75 Å². The molecule has 1 saturated heterocycles. The van der Waals surface area contributed by atoms with Gasteiger partial charge in [-0.1, -0.05) is 6.07 Å². The van der Waals surface area contributed by atoms with Crippen molar-refractivity contribution in [3.05, 3.63) is 47.0 Å². The van der Waals surface area contributed by atoms with Gasteiger partial charge in [0.1, 0.15) is 17.3 Å². The third-order valence-corrected chi connectivity index (χ3v) is 6.76. The van der Waals surface area contributed by atoms with E-state index in [9.17, 15) is 14.7 Å². The van der Waals surface area contributed by atoms with E-state index >= 15 is 0 Å². The number of carbonyl (C=O) groups is 2. The molecule has 1 aromatic carbocycles. The summed E-state index contributed by atoms with van der Waals surface area (Å²) in [5.41, 5.74) is 2.78. The highest BCUT2D eigenvalue weighted by molar-refractivity contribution is 6.06. The monoisotopic (exact) mass is 507 g/mol. The zero-order chi connectivity index (χ0) is 25.9. The van der Waals surface area contributed by atoms with Crippen LogP contribution in [0.15, 0.2) is 30.3 Å². The number of carbonyl (C=O) groups excluding carboxylic acids is 2. The van der Waals surface area contributed by atoms with Crippen molar-refractivity contribution in [2.45, 2.75) is 32.4 Å². The number of aliphatic hydroxyl groups excluding tert-OH is 1. The van der Waals surface area contributed by atoms with E-state index in [-0.39, 0.29) is 30.4 Å². The van der Waals surface area contributed by atoms with Gasteiger partial charge < -0.3 is 24.8 Å². The molecule has 3 aromatic rings. The van der Waals surface area contributed by atoms with Gasteiger partial charge in [-0.2, -0.15) is 0 Å². The minimum atomic E-state index is -0.389. The number of ether oxygens (including phenoxy) is 2. The number of rotatable bonds is 7. The van der Waals surface area contributed by atoms with Gasteiger partial charge >= 0.3 is 0 Å². The van der Waals surface area contributed by atoms with Crippen LogP contribution >= 0.6 is 0 Å². The van der Waals surface area contributed by atoms with Crippen LogP contribution in [-0.2, 0) is 22.5 Å². The van der Waals surface area contributed by atoms with E-state index in [1.54, 1.807) is 31.2 Å². The van der Waals surface area contributed by atoms with Crippen molar-refractivity contribution in [3.63, 3.8) is 0 Å². The number of aliphatic hydroxyl groups is 1. The molecule has 2 N–H and O–H groups in total. The number of amides is 2. The fraction of sp³-hybridized carbons (Fsp3) is 0.440. The van der Waals surface area contributed by atoms with Crippen LogP contribution in [-0.4, -0.2) is 80.5 Å². The van der Waals surface area contributed by atoms with Crippen LogP contribution in [0.3, 0.4) is 0 Å². The summed E-state index contributed by atoms with van der Waals surface area (Å²) in [7, 11) is 1.53. The Balaban J connectivity index is 1.37. The number of tetrazole rings is 1. The molecule has 0 unspecified atom stereocenters. The van der Waals surface area contributed by atoms with Gasteiger partial charge in [-0.25, -0.2) is 9.67 Å². The Morgan fingerprint density at radius 1 is 1.30 bits per heavy atom. The number of methoxy groups -OCH3 is 1. The second-order valence-electron chi connectivity index (χ2n) is 9.23. The van der Waals surface area contributed by atoms with Gasteiger partial charge in [0, 0.05) is 19.7 Å². The predicted molar refractivity (Wildman–Crippen MR) is 132 cm³/mol. The zero-order valence-corrected chi connectivity index (χ0v) is 20.8. The molecule has 2 aliphatic heterocycles. The average Bonchev–Trinajstić information content (AvgIpc) is 3.64. The first-order valence-electron chi connectivity index (χ1n) is 12.2. The molecule has 0 aliphatic carbocycles. The Hall–Kier alpha value is -3.90. The average molecular weight is 508 g/mol. The lowest BCUT2D eigenvalue weighted by atomic mass is 9.95. The summed E-state index contributed by atoms with van der Waals surface area (Å²) in [6.07, 6.45) is 1.44. The molecule has 0 bridgehead atoms. The molecule has 12 nitrogen and oxygen atoms in total. The van der Waals surface area contributed by atoms with Crippen LogP contribution in [0.2, 0.25) is 0 Å². The third-order valence-electron chi connectivity index (χ3n) is 6.76. The maximum absolute atomic E-state index is 13.3. The number of hydrogen-bond acceptors (Lipinski definition) is 9.